The smallest absolute Gasteiger partial charge is 0.394 e. The Labute approximate surface area is 129 Å². The molecular weight excluding hydrogens is 298 g/mol. The van der Waals surface area contributed by atoms with E-state index in [-0.39, 0.29) is 18.4 Å². The first-order valence-electron chi connectivity index (χ1n) is 6.72. The van der Waals surface area contributed by atoms with E-state index in [0.29, 0.717) is 12.3 Å². The number of oxime groups is 1. The van der Waals surface area contributed by atoms with Gasteiger partial charge in [0.05, 0.1) is 7.05 Å². The lowest BCUT2D eigenvalue weighted by Crippen LogP contribution is -2.32. The normalized spacial score (nSPS) is 15.9. The van der Waals surface area contributed by atoms with Gasteiger partial charge >= 0.3 is 5.95 Å². The molecule has 1 aromatic heterocycles. The quantitative estimate of drug-likeness (QED) is 0.344. The van der Waals surface area contributed by atoms with Crippen LogP contribution in [-0.2, 0) is 11.9 Å². The lowest BCUT2D eigenvalue weighted by atomic mass is 10.1. The predicted octanol–water partition coefficient (Wildman–Crippen LogP) is 1.59. The molecule has 118 valence electrons. The molecular formula is C12H20ClN5O3. The van der Waals surface area contributed by atoms with Crippen LogP contribution < -0.4 is 0 Å². The van der Waals surface area contributed by atoms with Crippen LogP contribution in [0.3, 0.4) is 0 Å². The van der Waals surface area contributed by atoms with Crippen LogP contribution in [0.15, 0.2) is 11.4 Å². The van der Waals surface area contributed by atoms with Gasteiger partial charge in [-0.1, -0.05) is 16.6 Å². The molecule has 8 nitrogen and oxygen atoms in total. The lowest BCUT2D eigenvalue weighted by molar-refractivity contribution is -0.396. The van der Waals surface area contributed by atoms with Crippen molar-refractivity contribution in [3.05, 3.63) is 22.0 Å². The zero-order chi connectivity index (χ0) is 14.4. The molecule has 21 heavy (non-hydrogen) atoms. The van der Waals surface area contributed by atoms with Crippen molar-refractivity contribution in [1.82, 2.24) is 14.5 Å². The summed E-state index contributed by atoms with van der Waals surface area (Å²) in [4.78, 5) is 21.3. The van der Waals surface area contributed by atoms with Crippen molar-refractivity contribution in [2.24, 2.45) is 12.2 Å². The number of hydrogen-bond donors (Lipinski definition) is 0. The van der Waals surface area contributed by atoms with Gasteiger partial charge in [-0.05, 0) is 30.9 Å². The van der Waals surface area contributed by atoms with Crippen molar-refractivity contribution in [1.29, 1.82) is 0 Å². The van der Waals surface area contributed by atoms with Crippen LogP contribution in [0.25, 0.3) is 0 Å². The molecule has 0 unspecified atom stereocenters. The van der Waals surface area contributed by atoms with Crippen molar-refractivity contribution < 1.29 is 9.76 Å². The summed E-state index contributed by atoms with van der Waals surface area (Å²) in [5, 5.41) is 14.5. The minimum absolute atomic E-state index is 0. The number of rotatable bonds is 6. The molecule has 0 amide bonds. The number of hydrogen-bond acceptors (Lipinski definition) is 6. The van der Waals surface area contributed by atoms with Gasteiger partial charge < -0.3 is 15.0 Å². The molecule has 0 atom stereocenters. The maximum absolute atomic E-state index is 10.6. The van der Waals surface area contributed by atoms with E-state index in [0.717, 1.165) is 19.6 Å². The van der Waals surface area contributed by atoms with Gasteiger partial charge in [-0.15, -0.1) is 12.4 Å². The van der Waals surface area contributed by atoms with Gasteiger partial charge in [-0.25, -0.2) is 4.57 Å². The Morgan fingerprint density at radius 3 is 2.81 bits per heavy atom. The standard InChI is InChI=1S/C12H19N5O3.ClH/c1-15-11(9-13-12(15)17(18)19)10-14-20-8-7-16-5-3-2-4-6-16;/h9-10H,2-8H2,1H3;1H/b14-10+;. The predicted molar refractivity (Wildman–Crippen MR) is 80.9 cm³/mol. The van der Waals surface area contributed by atoms with Crippen molar-refractivity contribution in [3.63, 3.8) is 0 Å². The van der Waals surface area contributed by atoms with Crippen LogP contribution in [0.5, 0.6) is 0 Å². The third-order valence-electron chi connectivity index (χ3n) is 3.37. The summed E-state index contributed by atoms with van der Waals surface area (Å²) < 4.78 is 1.36. The lowest BCUT2D eigenvalue weighted by Gasteiger charge is -2.25. The number of likely N-dealkylation sites (tertiary alicyclic amines) is 1. The SMILES string of the molecule is Cl.Cn1c(/C=N/OCCN2CCCCC2)cnc1[N+](=O)[O-]. The van der Waals surface area contributed by atoms with Crippen LogP contribution in [0, 0.1) is 10.1 Å². The molecule has 0 aliphatic carbocycles. The fraction of sp³-hybridized carbons (Fsp3) is 0.667. The number of nitro groups is 1. The van der Waals surface area contributed by atoms with Crippen LogP contribution in [0.1, 0.15) is 25.0 Å². The maximum atomic E-state index is 10.6. The van der Waals surface area contributed by atoms with E-state index in [1.807, 2.05) is 0 Å². The highest BCUT2D eigenvalue weighted by atomic mass is 35.5. The van der Waals surface area contributed by atoms with Gasteiger partial charge in [0.15, 0.2) is 5.69 Å². The molecule has 0 radical (unpaired) electrons. The first-order valence-corrected chi connectivity index (χ1v) is 6.72. The van der Waals surface area contributed by atoms with Crippen LogP contribution in [0.2, 0.25) is 0 Å². The minimum atomic E-state index is -0.533. The van der Waals surface area contributed by atoms with Crippen molar-refractivity contribution in [3.8, 4) is 0 Å². The molecule has 2 rings (SSSR count). The molecule has 0 saturated carbocycles. The largest absolute Gasteiger partial charge is 0.434 e. The number of halogens is 1. The second-order valence-electron chi connectivity index (χ2n) is 4.77. The highest BCUT2D eigenvalue weighted by Gasteiger charge is 2.15. The molecule has 1 fully saturated rings. The van der Waals surface area contributed by atoms with E-state index in [1.54, 1.807) is 7.05 Å². The molecule has 0 N–H and O–H groups in total. The average molecular weight is 318 g/mol. The second kappa shape index (κ2) is 8.58. The zero-order valence-electron chi connectivity index (χ0n) is 12.0. The van der Waals surface area contributed by atoms with E-state index >= 15 is 0 Å². The van der Waals surface area contributed by atoms with E-state index in [1.165, 1.54) is 36.2 Å². The van der Waals surface area contributed by atoms with E-state index in [4.69, 9.17) is 4.84 Å². The van der Waals surface area contributed by atoms with Gasteiger partial charge in [0.25, 0.3) is 0 Å². The van der Waals surface area contributed by atoms with Crippen LogP contribution >= 0.6 is 12.4 Å². The van der Waals surface area contributed by atoms with E-state index in [2.05, 4.69) is 15.0 Å². The Hall–Kier alpha value is -1.67. The van der Waals surface area contributed by atoms with Gasteiger partial charge in [0, 0.05) is 6.54 Å². The Balaban J connectivity index is 0.00000220. The van der Waals surface area contributed by atoms with E-state index < -0.39 is 4.92 Å². The first kappa shape index (κ1) is 17.4. The summed E-state index contributed by atoms with van der Waals surface area (Å²) in [5.41, 5.74) is 0.537. The number of nitrogens with zero attached hydrogens (tertiary/aromatic N) is 5. The van der Waals surface area contributed by atoms with Crippen LogP contribution in [0.4, 0.5) is 5.95 Å². The molecule has 1 saturated heterocycles. The zero-order valence-corrected chi connectivity index (χ0v) is 12.8. The monoisotopic (exact) mass is 317 g/mol. The Kier molecular flexibility index (Phi) is 7.10. The number of imidazole rings is 1. The molecule has 1 aliphatic rings. The topological polar surface area (TPSA) is 85.8 Å². The van der Waals surface area contributed by atoms with E-state index in [9.17, 15) is 10.1 Å². The van der Waals surface area contributed by atoms with Crippen molar-refractivity contribution in [2.75, 3.05) is 26.2 Å². The molecule has 0 spiro atoms. The average Bonchev–Trinajstić information content (AvgIpc) is 2.81. The summed E-state index contributed by atoms with van der Waals surface area (Å²) in [6.45, 7) is 3.64. The molecule has 1 aromatic rings. The Bertz CT molecular complexity index is 485. The maximum Gasteiger partial charge on any atom is 0.434 e. The highest BCUT2D eigenvalue weighted by molar-refractivity contribution is 5.85. The minimum Gasteiger partial charge on any atom is -0.394 e. The Morgan fingerprint density at radius 1 is 1.48 bits per heavy atom. The number of aromatic nitrogens is 2. The van der Waals surface area contributed by atoms with Crippen molar-refractivity contribution in [2.45, 2.75) is 19.3 Å². The molecule has 2 heterocycles. The Morgan fingerprint density at radius 2 is 2.19 bits per heavy atom. The fourth-order valence-corrected chi connectivity index (χ4v) is 2.20. The second-order valence-corrected chi connectivity index (χ2v) is 4.77. The van der Waals surface area contributed by atoms with Crippen molar-refractivity contribution >= 4 is 24.6 Å². The summed E-state index contributed by atoms with van der Waals surface area (Å²) >= 11 is 0. The summed E-state index contributed by atoms with van der Waals surface area (Å²) in [7, 11) is 1.57. The summed E-state index contributed by atoms with van der Waals surface area (Å²) in [6.07, 6.45) is 6.66. The number of piperidine rings is 1. The summed E-state index contributed by atoms with van der Waals surface area (Å²) in [6, 6.07) is 0. The molecule has 1 aliphatic heterocycles. The molecule has 0 bridgehead atoms. The molecule has 9 heteroatoms. The highest BCUT2D eigenvalue weighted by Crippen LogP contribution is 2.09. The van der Waals surface area contributed by atoms with Gasteiger partial charge in [-0.2, -0.15) is 0 Å². The van der Waals surface area contributed by atoms with Gasteiger partial charge in [0.2, 0.25) is 0 Å². The molecule has 0 aromatic carbocycles. The van der Waals surface area contributed by atoms with Crippen LogP contribution in [-0.4, -0.2) is 51.8 Å². The fourth-order valence-electron chi connectivity index (χ4n) is 2.20. The third-order valence-corrected chi connectivity index (χ3v) is 3.37. The summed E-state index contributed by atoms with van der Waals surface area (Å²) in [5.74, 6) is -0.209. The van der Waals surface area contributed by atoms with Gasteiger partial charge in [0.1, 0.15) is 19.0 Å². The first-order chi connectivity index (χ1) is 9.68. The van der Waals surface area contributed by atoms with Gasteiger partial charge in [-0.3, -0.25) is 4.90 Å². The third kappa shape index (κ3) is 4.98.